The van der Waals surface area contributed by atoms with Gasteiger partial charge in [-0.2, -0.15) is 0 Å². The fourth-order valence-corrected chi connectivity index (χ4v) is 3.08. The van der Waals surface area contributed by atoms with Gasteiger partial charge in [0.15, 0.2) is 5.13 Å². The van der Waals surface area contributed by atoms with Gasteiger partial charge in [-0.05, 0) is 48.4 Å². The topological polar surface area (TPSA) is 51.2 Å². The van der Waals surface area contributed by atoms with Crippen LogP contribution in [0.5, 0.6) is 5.75 Å². The quantitative estimate of drug-likeness (QED) is 0.788. The molecule has 0 spiro atoms. The molecule has 0 radical (unpaired) electrons. The zero-order valence-corrected chi connectivity index (χ0v) is 13.2. The van der Waals surface area contributed by atoms with Crippen molar-refractivity contribution in [3.8, 4) is 5.75 Å². The van der Waals surface area contributed by atoms with Crippen LogP contribution >= 0.6 is 11.3 Å². The fourth-order valence-electron chi connectivity index (χ4n) is 2.15. The van der Waals surface area contributed by atoms with Crippen molar-refractivity contribution in [1.29, 1.82) is 0 Å². The lowest BCUT2D eigenvalue weighted by molar-refractivity contribution is 0.102. The first-order valence-corrected chi connectivity index (χ1v) is 7.86. The zero-order chi connectivity index (χ0) is 15.5. The van der Waals surface area contributed by atoms with E-state index >= 15 is 0 Å². The van der Waals surface area contributed by atoms with E-state index in [9.17, 15) is 4.79 Å². The number of nitrogens with zero attached hydrogens (tertiary/aromatic N) is 1. The molecule has 0 atom stereocenters. The molecule has 4 nitrogen and oxygen atoms in total. The van der Waals surface area contributed by atoms with E-state index in [0.717, 1.165) is 22.4 Å². The second kappa shape index (κ2) is 6.15. The summed E-state index contributed by atoms with van der Waals surface area (Å²) < 4.78 is 6.17. The van der Waals surface area contributed by atoms with Gasteiger partial charge in [0.2, 0.25) is 0 Å². The average Bonchev–Trinajstić information content (AvgIpc) is 2.95. The number of hydrogen-bond acceptors (Lipinski definition) is 4. The van der Waals surface area contributed by atoms with Crippen molar-refractivity contribution in [2.24, 2.45) is 0 Å². The maximum absolute atomic E-state index is 12.2. The third-order valence-electron chi connectivity index (χ3n) is 3.43. The molecule has 0 unspecified atom stereocenters. The molecular weight excluding hydrogens is 296 g/mol. The molecule has 0 saturated heterocycles. The summed E-state index contributed by atoms with van der Waals surface area (Å²) >= 11 is 1.49. The molecule has 0 saturated carbocycles. The van der Waals surface area contributed by atoms with E-state index < -0.39 is 0 Å². The van der Waals surface area contributed by atoms with Gasteiger partial charge in [-0.3, -0.25) is 10.1 Å². The predicted molar refractivity (Wildman–Crippen MR) is 89.9 cm³/mol. The normalized spacial score (nSPS) is 10.6. The number of benzene rings is 2. The number of carbonyl (C=O) groups excluding carboxylic acids is 1. The molecular formula is C17H16N2O2S. The van der Waals surface area contributed by atoms with Crippen LogP contribution in [-0.2, 0) is 6.42 Å². The minimum Gasteiger partial charge on any atom is -0.497 e. The lowest BCUT2D eigenvalue weighted by Crippen LogP contribution is -2.11. The molecule has 2 aromatic carbocycles. The summed E-state index contributed by atoms with van der Waals surface area (Å²) in [7, 11) is 1.60. The van der Waals surface area contributed by atoms with Crippen molar-refractivity contribution in [2.45, 2.75) is 13.3 Å². The van der Waals surface area contributed by atoms with Crippen LogP contribution in [-0.4, -0.2) is 18.0 Å². The van der Waals surface area contributed by atoms with Crippen LogP contribution in [0.1, 0.15) is 22.8 Å². The number of hydrogen-bond donors (Lipinski definition) is 1. The highest BCUT2D eigenvalue weighted by Crippen LogP contribution is 2.27. The number of aromatic nitrogens is 1. The summed E-state index contributed by atoms with van der Waals surface area (Å²) in [4.78, 5) is 16.7. The molecule has 0 aliphatic heterocycles. The van der Waals surface area contributed by atoms with Crippen LogP contribution in [0, 0.1) is 0 Å². The minimum absolute atomic E-state index is 0.169. The van der Waals surface area contributed by atoms with Gasteiger partial charge in [-0.15, -0.1) is 0 Å². The molecule has 1 amide bonds. The molecule has 1 N–H and O–H groups in total. The molecule has 0 aliphatic carbocycles. The number of thiazole rings is 1. The number of rotatable bonds is 4. The highest BCUT2D eigenvalue weighted by Gasteiger charge is 2.10. The van der Waals surface area contributed by atoms with E-state index in [1.165, 1.54) is 16.9 Å². The van der Waals surface area contributed by atoms with Gasteiger partial charge >= 0.3 is 0 Å². The number of aryl methyl sites for hydroxylation is 1. The molecule has 0 fully saturated rings. The lowest BCUT2D eigenvalue weighted by Gasteiger charge is -2.03. The SMILES string of the molecule is CCc1ccc2nc(NC(=O)c3ccc(OC)cc3)sc2c1. The zero-order valence-electron chi connectivity index (χ0n) is 12.4. The molecule has 1 aromatic heterocycles. The number of ether oxygens (including phenoxy) is 1. The summed E-state index contributed by atoms with van der Waals surface area (Å²) in [5, 5.41) is 3.47. The van der Waals surface area contributed by atoms with Gasteiger partial charge < -0.3 is 4.74 Å². The van der Waals surface area contributed by atoms with E-state index in [4.69, 9.17) is 4.74 Å². The maximum atomic E-state index is 12.2. The maximum Gasteiger partial charge on any atom is 0.257 e. The summed E-state index contributed by atoms with van der Waals surface area (Å²) in [6, 6.07) is 13.2. The first kappa shape index (κ1) is 14.5. The Kier molecular flexibility index (Phi) is 4.06. The highest BCUT2D eigenvalue weighted by molar-refractivity contribution is 7.22. The van der Waals surface area contributed by atoms with Crippen LogP contribution in [0.3, 0.4) is 0 Å². The first-order valence-electron chi connectivity index (χ1n) is 7.04. The molecule has 1 heterocycles. The lowest BCUT2D eigenvalue weighted by atomic mass is 10.2. The van der Waals surface area contributed by atoms with Crippen LogP contribution in [0.15, 0.2) is 42.5 Å². The van der Waals surface area contributed by atoms with E-state index in [1.54, 1.807) is 31.4 Å². The monoisotopic (exact) mass is 312 g/mol. The number of carbonyl (C=O) groups is 1. The van der Waals surface area contributed by atoms with Crippen LogP contribution in [0.2, 0.25) is 0 Å². The van der Waals surface area contributed by atoms with Crippen molar-refractivity contribution >= 4 is 32.6 Å². The van der Waals surface area contributed by atoms with Crippen molar-refractivity contribution in [3.63, 3.8) is 0 Å². The highest BCUT2D eigenvalue weighted by atomic mass is 32.1. The van der Waals surface area contributed by atoms with E-state index in [0.29, 0.717) is 10.7 Å². The number of anilines is 1. The van der Waals surface area contributed by atoms with E-state index in [2.05, 4.69) is 29.4 Å². The summed E-state index contributed by atoms with van der Waals surface area (Å²) in [5.74, 6) is 0.557. The van der Waals surface area contributed by atoms with Gasteiger partial charge in [0.1, 0.15) is 5.75 Å². The summed E-state index contributed by atoms with van der Waals surface area (Å²) in [6.07, 6.45) is 0.987. The van der Waals surface area contributed by atoms with Gasteiger partial charge in [0.25, 0.3) is 5.91 Å². The van der Waals surface area contributed by atoms with Crippen molar-refractivity contribution in [3.05, 3.63) is 53.6 Å². The Balaban J connectivity index is 1.80. The Hall–Kier alpha value is -2.40. The summed E-state index contributed by atoms with van der Waals surface area (Å²) in [6.45, 7) is 2.12. The third-order valence-corrected chi connectivity index (χ3v) is 4.37. The summed E-state index contributed by atoms with van der Waals surface area (Å²) in [5.41, 5.74) is 2.76. The van der Waals surface area contributed by atoms with Crippen molar-refractivity contribution in [2.75, 3.05) is 12.4 Å². The van der Waals surface area contributed by atoms with Crippen LogP contribution in [0.4, 0.5) is 5.13 Å². The molecule has 3 rings (SSSR count). The largest absolute Gasteiger partial charge is 0.497 e. The Morgan fingerprint density at radius 1 is 1.23 bits per heavy atom. The Labute approximate surface area is 132 Å². The smallest absolute Gasteiger partial charge is 0.257 e. The van der Waals surface area contributed by atoms with Gasteiger partial charge in [-0.25, -0.2) is 4.98 Å². The van der Waals surface area contributed by atoms with E-state index in [-0.39, 0.29) is 5.91 Å². The molecule has 0 bridgehead atoms. The van der Waals surface area contributed by atoms with E-state index in [1.807, 2.05) is 6.07 Å². The van der Waals surface area contributed by atoms with Crippen molar-refractivity contribution in [1.82, 2.24) is 4.98 Å². The Morgan fingerprint density at radius 3 is 2.68 bits per heavy atom. The van der Waals surface area contributed by atoms with Crippen LogP contribution < -0.4 is 10.1 Å². The molecule has 5 heteroatoms. The fraction of sp³-hybridized carbons (Fsp3) is 0.176. The molecule has 0 aliphatic rings. The average molecular weight is 312 g/mol. The predicted octanol–water partition coefficient (Wildman–Crippen LogP) is 4.12. The standard InChI is InChI=1S/C17H16N2O2S/c1-3-11-4-9-14-15(10-11)22-17(18-14)19-16(20)12-5-7-13(21-2)8-6-12/h4-10H,3H2,1-2H3,(H,18,19,20). The number of fused-ring (bicyclic) bond motifs is 1. The number of amides is 1. The molecule has 3 aromatic rings. The Bertz CT molecular complexity index is 809. The number of methoxy groups -OCH3 is 1. The minimum atomic E-state index is -0.169. The van der Waals surface area contributed by atoms with Gasteiger partial charge in [-0.1, -0.05) is 24.3 Å². The first-order chi connectivity index (χ1) is 10.7. The molecule has 22 heavy (non-hydrogen) atoms. The van der Waals surface area contributed by atoms with Gasteiger partial charge in [0, 0.05) is 5.56 Å². The third kappa shape index (κ3) is 2.94. The Morgan fingerprint density at radius 2 is 2.00 bits per heavy atom. The molecule has 112 valence electrons. The second-order valence-electron chi connectivity index (χ2n) is 4.86. The van der Waals surface area contributed by atoms with Crippen molar-refractivity contribution < 1.29 is 9.53 Å². The van der Waals surface area contributed by atoms with Crippen LogP contribution in [0.25, 0.3) is 10.2 Å². The number of nitrogens with one attached hydrogen (secondary N) is 1. The second-order valence-corrected chi connectivity index (χ2v) is 5.89. The van der Waals surface area contributed by atoms with Gasteiger partial charge in [0.05, 0.1) is 17.3 Å².